The third kappa shape index (κ3) is 1.94. The summed E-state index contributed by atoms with van der Waals surface area (Å²) in [5.41, 5.74) is 0.848. The molecule has 0 amide bonds. The molecule has 4 rings (SSSR count). The van der Waals surface area contributed by atoms with Gasteiger partial charge in [0.1, 0.15) is 5.78 Å². The summed E-state index contributed by atoms with van der Waals surface area (Å²) in [5, 5.41) is 11.1. The molecule has 0 saturated heterocycles. The van der Waals surface area contributed by atoms with Gasteiger partial charge in [-0.2, -0.15) is 0 Å². The van der Waals surface area contributed by atoms with Gasteiger partial charge in [-0.1, -0.05) is 26.0 Å². The van der Waals surface area contributed by atoms with Crippen molar-refractivity contribution in [3.63, 3.8) is 0 Å². The van der Waals surface area contributed by atoms with Gasteiger partial charge in [-0.05, 0) is 67.4 Å². The van der Waals surface area contributed by atoms with Gasteiger partial charge in [0, 0.05) is 17.8 Å². The van der Waals surface area contributed by atoms with Crippen LogP contribution >= 0.6 is 0 Å². The van der Waals surface area contributed by atoms with Crippen molar-refractivity contribution in [1.29, 1.82) is 0 Å². The van der Waals surface area contributed by atoms with Gasteiger partial charge in [0.25, 0.3) is 0 Å². The van der Waals surface area contributed by atoms with E-state index in [0.29, 0.717) is 24.2 Å². The Bertz CT molecular complexity index is 660. The maximum absolute atomic E-state index is 12.2. The summed E-state index contributed by atoms with van der Waals surface area (Å²) in [6, 6.07) is 0. The highest BCUT2D eigenvalue weighted by molar-refractivity contribution is 5.92. The zero-order valence-electron chi connectivity index (χ0n) is 14.9. The van der Waals surface area contributed by atoms with E-state index in [4.69, 9.17) is 0 Å². The molecule has 7 atom stereocenters. The Balaban J connectivity index is 1.77. The van der Waals surface area contributed by atoms with Gasteiger partial charge in [0.15, 0.2) is 5.78 Å². The Labute approximate surface area is 144 Å². The summed E-state index contributed by atoms with van der Waals surface area (Å²) in [5.74, 6) is 1.60. The molecule has 0 spiro atoms. The fourth-order valence-electron chi connectivity index (χ4n) is 6.63. The smallest absolute Gasteiger partial charge is 0.156 e. The molecule has 1 N–H and O–H groups in total. The number of carbonyl (C=O) groups is 2. The Morgan fingerprint density at radius 3 is 2.71 bits per heavy atom. The summed E-state index contributed by atoms with van der Waals surface area (Å²) in [6.45, 7) is 6.10. The molecule has 0 heterocycles. The van der Waals surface area contributed by atoms with Crippen LogP contribution in [0.4, 0.5) is 0 Å². The lowest BCUT2D eigenvalue weighted by atomic mass is 9.47. The lowest BCUT2D eigenvalue weighted by molar-refractivity contribution is -0.141. The Morgan fingerprint density at radius 2 is 2.00 bits per heavy atom. The molecule has 0 aromatic carbocycles. The molecule has 2 fully saturated rings. The zero-order chi connectivity index (χ0) is 17.3. The lowest BCUT2D eigenvalue weighted by Gasteiger charge is -2.57. The third-order valence-electron chi connectivity index (χ3n) is 8.11. The Kier molecular flexibility index (Phi) is 3.48. The quantitative estimate of drug-likeness (QED) is 0.802. The van der Waals surface area contributed by atoms with Crippen LogP contribution < -0.4 is 0 Å². The van der Waals surface area contributed by atoms with Crippen LogP contribution in [-0.2, 0) is 9.59 Å². The molecular weight excluding hydrogens is 300 g/mol. The maximum Gasteiger partial charge on any atom is 0.156 e. The van der Waals surface area contributed by atoms with Gasteiger partial charge in [0.05, 0.1) is 6.10 Å². The number of fused-ring (bicyclic) bond motifs is 5. The standard InChI is InChI=1S/C21H28O3/c1-12(22)16-6-7-17-15-5-4-13-10-14(23)8-9-20(13,2)18(15)11-19(24)21(16,17)3/h4-5,10,15-19,24H,6-9,11H2,1-3H3. The van der Waals surface area contributed by atoms with Crippen molar-refractivity contribution in [3.05, 3.63) is 23.8 Å². The van der Waals surface area contributed by atoms with Crippen molar-refractivity contribution >= 4 is 11.6 Å². The van der Waals surface area contributed by atoms with Crippen molar-refractivity contribution in [1.82, 2.24) is 0 Å². The summed E-state index contributed by atoms with van der Waals surface area (Å²) in [7, 11) is 0. The number of hydrogen-bond acceptors (Lipinski definition) is 3. The van der Waals surface area contributed by atoms with E-state index in [0.717, 1.165) is 31.3 Å². The molecule has 3 nitrogen and oxygen atoms in total. The summed E-state index contributed by atoms with van der Waals surface area (Å²) >= 11 is 0. The van der Waals surface area contributed by atoms with Gasteiger partial charge in [0.2, 0.25) is 0 Å². The van der Waals surface area contributed by atoms with Crippen LogP contribution in [0.1, 0.15) is 52.9 Å². The number of Topliss-reactive ketones (excluding diaryl/α,β-unsaturated/α-hetero) is 1. The third-order valence-corrected chi connectivity index (χ3v) is 8.11. The van der Waals surface area contributed by atoms with E-state index in [2.05, 4.69) is 26.0 Å². The van der Waals surface area contributed by atoms with Gasteiger partial charge in [-0.3, -0.25) is 9.59 Å². The van der Waals surface area contributed by atoms with Crippen molar-refractivity contribution < 1.29 is 14.7 Å². The molecule has 24 heavy (non-hydrogen) atoms. The van der Waals surface area contributed by atoms with Crippen LogP contribution in [0.25, 0.3) is 0 Å². The number of aliphatic hydroxyl groups excluding tert-OH is 1. The number of hydrogen-bond donors (Lipinski definition) is 1. The summed E-state index contributed by atoms with van der Waals surface area (Å²) < 4.78 is 0. The van der Waals surface area contributed by atoms with E-state index in [-0.39, 0.29) is 28.3 Å². The van der Waals surface area contributed by atoms with Crippen LogP contribution in [0.2, 0.25) is 0 Å². The Hall–Kier alpha value is -1.22. The first kappa shape index (κ1) is 16.3. The SMILES string of the molecule is CC(=O)C1CCC2C3C=CC4=CC(=O)CCC4(C)C3CC(O)C12C. The van der Waals surface area contributed by atoms with E-state index < -0.39 is 6.10 Å². The largest absolute Gasteiger partial charge is 0.393 e. The minimum atomic E-state index is -0.428. The molecule has 0 aromatic heterocycles. The molecule has 0 aromatic rings. The molecule has 4 aliphatic carbocycles. The molecule has 0 bridgehead atoms. The molecule has 0 radical (unpaired) electrons. The van der Waals surface area contributed by atoms with Gasteiger partial charge < -0.3 is 5.11 Å². The fourth-order valence-corrected chi connectivity index (χ4v) is 6.63. The highest BCUT2D eigenvalue weighted by atomic mass is 16.3. The highest BCUT2D eigenvalue weighted by Gasteiger charge is 2.62. The van der Waals surface area contributed by atoms with Gasteiger partial charge in [-0.15, -0.1) is 0 Å². The summed E-state index contributed by atoms with van der Waals surface area (Å²) in [6.07, 6.45) is 10.0. The van der Waals surface area contributed by atoms with Crippen LogP contribution in [0.15, 0.2) is 23.8 Å². The van der Waals surface area contributed by atoms with Crippen molar-refractivity contribution in [2.75, 3.05) is 0 Å². The fraction of sp³-hybridized carbons (Fsp3) is 0.714. The maximum atomic E-state index is 12.2. The van der Waals surface area contributed by atoms with E-state index in [1.807, 2.05) is 6.08 Å². The van der Waals surface area contributed by atoms with Gasteiger partial charge >= 0.3 is 0 Å². The van der Waals surface area contributed by atoms with Crippen molar-refractivity contribution in [2.45, 2.75) is 59.0 Å². The van der Waals surface area contributed by atoms with E-state index >= 15 is 0 Å². The van der Waals surface area contributed by atoms with Crippen molar-refractivity contribution in [3.8, 4) is 0 Å². The average Bonchev–Trinajstić information content (AvgIpc) is 2.88. The van der Waals surface area contributed by atoms with Crippen LogP contribution in [-0.4, -0.2) is 22.8 Å². The first-order valence-corrected chi connectivity index (χ1v) is 9.40. The van der Waals surface area contributed by atoms with Crippen LogP contribution in [0, 0.1) is 34.5 Å². The normalized spacial score (nSPS) is 49.9. The highest BCUT2D eigenvalue weighted by Crippen LogP contribution is 2.65. The number of rotatable bonds is 1. The minimum absolute atomic E-state index is 0.00970. The predicted octanol–water partition coefficient (Wildman–Crippen LogP) is 3.47. The molecule has 130 valence electrons. The van der Waals surface area contributed by atoms with Crippen LogP contribution in [0.5, 0.6) is 0 Å². The number of allylic oxidation sites excluding steroid dienone is 4. The predicted molar refractivity (Wildman–Crippen MR) is 92.2 cm³/mol. The number of carbonyl (C=O) groups excluding carboxylic acids is 2. The molecular formula is C21H28O3. The molecule has 0 aliphatic heterocycles. The zero-order valence-corrected chi connectivity index (χ0v) is 14.9. The second-order valence-electron chi connectivity index (χ2n) is 8.99. The van der Waals surface area contributed by atoms with Gasteiger partial charge in [-0.25, -0.2) is 0 Å². The molecule has 3 heteroatoms. The molecule has 2 saturated carbocycles. The van der Waals surface area contributed by atoms with E-state index in [1.54, 1.807) is 6.92 Å². The first-order chi connectivity index (χ1) is 11.3. The number of aliphatic hydroxyl groups is 1. The second kappa shape index (κ2) is 5.14. The second-order valence-corrected chi connectivity index (χ2v) is 8.99. The van der Waals surface area contributed by atoms with E-state index in [1.165, 1.54) is 0 Å². The van der Waals surface area contributed by atoms with E-state index in [9.17, 15) is 14.7 Å². The number of ketones is 2. The average molecular weight is 328 g/mol. The van der Waals surface area contributed by atoms with Crippen molar-refractivity contribution in [2.24, 2.45) is 34.5 Å². The Morgan fingerprint density at radius 1 is 1.25 bits per heavy atom. The topological polar surface area (TPSA) is 54.4 Å². The molecule has 7 unspecified atom stereocenters. The first-order valence-electron chi connectivity index (χ1n) is 9.40. The molecule has 4 aliphatic rings. The van der Waals surface area contributed by atoms with Crippen LogP contribution in [0.3, 0.4) is 0 Å². The summed E-state index contributed by atoms with van der Waals surface area (Å²) in [4.78, 5) is 24.0. The monoisotopic (exact) mass is 328 g/mol. The lowest BCUT2D eigenvalue weighted by Crippen LogP contribution is -2.56. The minimum Gasteiger partial charge on any atom is -0.393 e.